The molecule has 180 valence electrons. The van der Waals surface area contributed by atoms with Crippen molar-refractivity contribution in [3.63, 3.8) is 0 Å². The van der Waals surface area contributed by atoms with Gasteiger partial charge in [0.25, 0.3) is 0 Å². The summed E-state index contributed by atoms with van der Waals surface area (Å²) in [6.45, 7) is 0. The van der Waals surface area contributed by atoms with Crippen LogP contribution in [-0.2, 0) is 12.4 Å². The molecule has 8 heteroatoms. The van der Waals surface area contributed by atoms with Gasteiger partial charge in [0.15, 0.2) is 0 Å². The fourth-order valence-corrected chi connectivity index (χ4v) is 4.46. The SMILES string of the molecule is FC(F)(F)c1ccc(C#Cc2ccc(C=Cc3ccc(C#Cc4ccc(C(F)(F)F)cc4)s3)s2)cc1. The molecule has 0 spiro atoms. The Morgan fingerprint density at radius 1 is 0.472 bits per heavy atom. The highest BCUT2D eigenvalue weighted by Crippen LogP contribution is 2.30. The van der Waals surface area contributed by atoms with Crippen molar-refractivity contribution in [3.05, 3.63) is 115 Å². The zero-order chi connectivity index (χ0) is 25.8. The number of rotatable bonds is 2. The Labute approximate surface area is 211 Å². The minimum Gasteiger partial charge on any atom is -0.166 e. The van der Waals surface area contributed by atoms with Gasteiger partial charge in [-0.05, 0) is 84.9 Å². The molecule has 0 aliphatic carbocycles. The molecule has 2 aromatic carbocycles. The van der Waals surface area contributed by atoms with Gasteiger partial charge in [-0.15, -0.1) is 22.7 Å². The summed E-state index contributed by atoms with van der Waals surface area (Å²) in [5.74, 6) is 11.7. The van der Waals surface area contributed by atoms with Crippen molar-refractivity contribution in [3.8, 4) is 23.7 Å². The van der Waals surface area contributed by atoms with E-state index in [2.05, 4.69) is 23.7 Å². The van der Waals surface area contributed by atoms with Crippen LogP contribution >= 0.6 is 22.7 Å². The zero-order valence-corrected chi connectivity index (χ0v) is 19.8. The monoisotopic (exact) mass is 528 g/mol. The molecule has 2 heterocycles. The third kappa shape index (κ3) is 6.91. The van der Waals surface area contributed by atoms with Crippen LogP contribution in [0.5, 0.6) is 0 Å². The molecule has 0 bridgehead atoms. The first-order valence-electron chi connectivity index (χ1n) is 10.3. The average molecular weight is 529 g/mol. The van der Waals surface area contributed by atoms with Crippen LogP contribution in [-0.4, -0.2) is 0 Å². The fraction of sp³-hybridized carbons (Fsp3) is 0.0714. The van der Waals surface area contributed by atoms with Gasteiger partial charge in [0.05, 0.1) is 20.9 Å². The Morgan fingerprint density at radius 2 is 0.833 bits per heavy atom. The van der Waals surface area contributed by atoms with Crippen molar-refractivity contribution in [2.24, 2.45) is 0 Å². The number of hydrogen-bond acceptors (Lipinski definition) is 2. The smallest absolute Gasteiger partial charge is 0.166 e. The Hall–Kier alpha value is -3.72. The second-order valence-electron chi connectivity index (χ2n) is 7.39. The van der Waals surface area contributed by atoms with Gasteiger partial charge in [0.2, 0.25) is 0 Å². The molecule has 0 saturated carbocycles. The van der Waals surface area contributed by atoms with Crippen molar-refractivity contribution in [2.75, 3.05) is 0 Å². The van der Waals surface area contributed by atoms with E-state index in [4.69, 9.17) is 0 Å². The standard InChI is InChI=1S/C28H14F6S2/c29-27(30,31)21-7-1-19(2-8-21)5-11-23-13-15-25(35-23)17-18-26-16-14-24(36-26)12-6-20-3-9-22(10-4-20)28(32,33)34/h1-4,7-10,13-18H. The van der Waals surface area contributed by atoms with E-state index >= 15 is 0 Å². The topological polar surface area (TPSA) is 0 Å². The predicted octanol–water partition coefficient (Wildman–Crippen LogP) is 8.82. The molecule has 36 heavy (non-hydrogen) atoms. The van der Waals surface area contributed by atoms with Gasteiger partial charge in [-0.25, -0.2) is 0 Å². The summed E-state index contributed by atoms with van der Waals surface area (Å²) in [5, 5.41) is 0. The van der Waals surface area contributed by atoms with Gasteiger partial charge in [-0.2, -0.15) is 26.3 Å². The Kier molecular flexibility index (Phi) is 7.40. The van der Waals surface area contributed by atoms with Crippen LogP contribution in [0.25, 0.3) is 12.2 Å². The van der Waals surface area contributed by atoms with Crippen LogP contribution in [0.15, 0.2) is 72.8 Å². The largest absolute Gasteiger partial charge is 0.416 e. The van der Waals surface area contributed by atoms with Gasteiger partial charge in [-0.1, -0.05) is 23.7 Å². The molecule has 4 rings (SSSR count). The van der Waals surface area contributed by atoms with E-state index in [1.54, 1.807) is 0 Å². The second-order valence-corrected chi connectivity index (χ2v) is 9.62. The first kappa shape index (κ1) is 25.4. The van der Waals surface area contributed by atoms with Crippen LogP contribution in [0, 0.1) is 23.7 Å². The lowest BCUT2D eigenvalue weighted by atomic mass is 10.1. The lowest BCUT2D eigenvalue weighted by Gasteiger charge is -2.05. The van der Waals surface area contributed by atoms with Gasteiger partial charge < -0.3 is 0 Å². The van der Waals surface area contributed by atoms with E-state index in [-0.39, 0.29) is 0 Å². The summed E-state index contributed by atoms with van der Waals surface area (Å²) in [6.07, 6.45) is -4.90. The molecule has 2 aromatic heterocycles. The predicted molar refractivity (Wildman–Crippen MR) is 132 cm³/mol. The van der Waals surface area contributed by atoms with Crippen LogP contribution in [0.1, 0.15) is 41.8 Å². The van der Waals surface area contributed by atoms with Crippen molar-refractivity contribution in [1.82, 2.24) is 0 Å². The molecule has 0 unspecified atom stereocenters. The Balaban J connectivity index is 1.38. The number of hydrogen-bond donors (Lipinski definition) is 0. The lowest BCUT2D eigenvalue weighted by molar-refractivity contribution is -0.138. The van der Waals surface area contributed by atoms with Crippen LogP contribution in [0.3, 0.4) is 0 Å². The summed E-state index contributed by atoms with van der Waals surface area (Å²) >= 11 is 2.90. The van der Waals surface area contributed by atoms with Gasteiger partial charge >= 0.3 is 12.4 Å². The molecule has 0 N–H and O–H groups in total. The highest BCUT2D eigenvalue weighted by Gasteiger charge is 2.30. The summed E-state index contributed by atoms with van der Waals surface area (Å²) in [6, 6.07) is 16.9. The van der Waals surface area contributed by atoms with Crippen molar-refractivity contribution in [1.29, 1.82) is 0 Å². The van der Waals surface area contributed by atoms with E-state index < -0.39 is 23.5 Å². The molecule has 0 atom stereocenters. The summed E-state index contributed by atoms with van der Waals surface area (Å²) in [7, 11) is 0. The average Bonchev–Trinajstić information content (AvgIpc) is 3.49. The summed E-state index contributed by atoms with van der Waals surface area (Å²) in [5.41, 5.74) is -0.424. The fourth-order valence-electron chi connectivity index (χ4n) is 2.94. The van der Waals surface area contributed by atoms with Crippen molar-refractivity contribution in [2.45, 2.75) is 12.4 Å². The second kappa shape index (κ2) is 10.5. The Bertz CT molecular complexity index is 1380. The number of alkyl halides is 6. The number of halogens is 6. The highest BCUT2D eigenvalue weighted by molar-refractivity contribution is 7.14. The molecule has 4 aromatic rings. The Morgan fingerprint density at radius 3 is 1.17 bits per heavy atom. The molecule has 0 fully saturated rings. The first-order valence-corrected chi connectivity index (χ1v) is 12.0. The van der Waals surface area contributed by atoms with E-state index in [0.717, 1.165) is 43.8 Å². The molecule has 0 saturated heterocycles. The summed E-state index contributed by atoms with van der Waals surface area (Å²) < 4.78 is 75.9. The van der Waals surface area contributed by atoms with Crippen molar-refractivity contribution >= 4 is 34.8 Å². The molecule has 0 aliphatic rings. The molecule has 0 radical (unpaired) electrons. The number of thiophene rings is 2. The lowest BCUT2D eigenvalue weighted by Crippen LogP contribution is -2.04. The molecule has 0 aliphatic heterocycles. The van der Waals surface area contributed by atoms with Crippen LogP contribution in [0.2, 0.25) is 0 Å². The van der Waals surface area contributed by atoms with E-state index in [0.29, 0.717) is 11.1 Å². The maximum atomic E-state index is 12.6. The van der Waals surface area contributed by atoms with Crippen molar-refractivity contribution < 1.29 is 26.3 Å². The maximum Gasteiger partial charge on any atom is 0.416 e. The van der Waals surface area contributed by atoms with E-state index in [9.17, 15) is 26.3 Å². The number of benzene rings is 2. The quantitative estimate of drug-likeness (QED) is 0.180. The molecular weight excluding hydrogens is 514 g/mol. The normalized spacial score (nSPS) is 11.6. The third-order valence-electron chi connectivity index (χ3n) is 4.75. The van der Waals surface area contributed by atoms with Gasteiger partial charge in [-0.3, -0.25) is 0 Å². The van der Waals surface area contributed by atoms with E-state index in [1.165, 1.54) is 46.9 Å². The minimum atomic E-state index is -4.37. The zero-order valence-electron chi connectivity index (χ0n) is 18.2. The molecule has 0 amide bonds. The van der Waals surface area contributed by atoms with Crippen LogP contribution < -0.4 is 0 Å². The summed E-state index contributed by atoms with van der Waals surface area (Å²) in [4.78, 5) is 3.47. The maximum absolute atomic E-state index is 12.6. The molecule has 0 nitrogen and oxygen atoms in total. The first-order chi connectivity index (χ1) is 17.1. The van der Waals surface area contributed by atoms with Gasteiger partial charge in [0, 0.05) is 20.9 Å². The van der Waals surface area contributed by atoms with Gasteiger partial charge in [0.1, 0.15) is 0 Å². The highest BCUT2D eigenvalue weighted by atomic mass is 32.1. The van der Waals surface area contributed by atoms with Crippen LogP contribution in [0.4, 0.5) is 26.3 Å². The minimum absolute atomic E-state index is 0.497. The molecular formula is C28H14F6S2. The van der Waals surface area contributed by atoms with E-state index in [1.807, 2.05) is 36.4 Å². The third-order valence-corrected chi connectivity index (χ3v) is 6.68.